The predicted octanol–water partition coefficient (Wildman–Crippen LogP) is 3.41. The van der Waals surface area contributed by atoms with Crippen LogP contribution in [0, 0.1) is 0 Å². The topological polar surface area (TPSA) is 12.0 Å². The van der Waals surface area contributed by atoms with Crippen molar-refractivity contribution in [3.63, 3.8) is 0 Å². The molecule has 0 saturated carbocycles. The van der Waals surface area contributed by atoms with Crippen molar-refractivity contribution < 1.29 is 0 Å². The van der Waals surface area contributed by atoms with Crippen molar-refractivity contribution >= 4 is 0 Å². The van der Waals surface area contributed by atoms with E-state index >= 15 is 0 Å². The molecular formula is C12H21N. The normalized spacial score (nSPS) is 13.8. The summed E-state index contributed by atoms with van der Waals surface area (Å²) in [6, 6.07) is 0. The quantitative estimate of drug-likeness (QED) is 0.638. The largest absolute Gasteiger partial charge is 0.388 e. The van der Waals surface area contributed by atoms with Crippen molar-refractivity contribution in [3.8, 4) is 0 Å². The molecule has 0 bridgehead atoms. The minimum absolute atomic E-state index is 1.15. The molecule has 0 radical (unpaired) electrons. The van der Waals surface area contributed by atoms with Crippen LogP contribution in [0.25, 0.3) is 0 Å². The first-order chi connectivity index (χ1) is 6.24. The van der Waals surface area contributed by atoms with Crippen LogP contribution in [0.1, 0.15) is 33.6 Å². The second-order valence-corrected chi connectivity index (χ2v) is 3.07. The van der Waals surface area contributed by atoms with E-state index in [1.807, 2.05) is 7.05 Å². The second kappa shape index (κ2) is 7.66. The summed E-state index contributed by atoms with van der Waals surface area (Å²) in [5, 5.41) is 3.16. The summed E-state index contributed by atoms with van der Waals surface area (Å²) in [6.45, 7) is 6.34. The Morgan fingerprint density at radius 2 is 2.08 bits per heavy atom. The van der Waals surface area contributed by atoms with Gasteiger partial charge in [-0.15, -0.1) is 0 Å². The van der Waals surface area contributed by atoms with E-state index in [1.165, 1.54) is 17.7 Å². The van der Waals surface area contributed by atoms with Crippen molar-refractivity contribution in [2.45, 2.75) is 33.6 Å². The van der Waals surface area contributed by atoms with Gasteiger partial charge in [0, 0.05) is 12.7 Å². The molecule has 0 aromatic carbocycles. The highest BCUT2D eigenvalue weighted by Gasteiger charge is 1.86. The Kier molecular flexibility index (Phi) is 7.08. The molecule has 1 heteroatoms. The van der Waals surface area contributed by atoms with Crippen molar-refractivity contribution in [3.05, 3.63) is 35.6 Å². The van der Waals surface area contributed by atoms with E-state index in [9.17, 15) is 0 Å². The van der Waals surface area contributed by atoms with Gasteiger partial charge in [-0.25, -0.2) is 0 Å². The molecule has 0 aliphatic rings. The van der Waals surface area contributed by atoms with Crippen LogP contribution in [0.3, 0.4) is 0 Å². The fraction of sp³-hybridized carbons (Fsp3) is 0.500. The summed E-state index contributed by atoms with van der Waals surface area (Å²) in [5.41, 5.74) is 2.45. The van der Waals surface area contributed by atoms with E-state index in [-0.39, 0.29) is 0 Å². The first-order valence-electron chi connectivity index (χ1n) is 4.93. The molecule has 0 aliphatic heterocycles. The van der Waals surface area contributed by atoms with E-state index < -0.39 is 0 Å². The van der Waals surface area contributed by atoms with E-state index in [1.54, 1.807) is 0 Å². The Hall–Kier alpha value is -0.980. The van der Waals surface area contributed by atoms with Gasteiger partial charge in [0.05, 0.1) is 0 Å². The molecule has 0 fully saturated rings. The molecule has 0 amide bonds. The summed E-state index contributed by atoms with van der Waals surface area (Å²) in [5.74, 6) is 0. The summed E-state index contributed by atoms with van der Waals surface area (Å²) in [4.78, 5) is 0. The van der Waals surface area contributed by atoms with Crippen molar-refractivity contribution in [1.29, 1.82) is 0 Å². The monoisotopic (exact) mass is 179 g/mol. The maximum Gasteiger partial charge on any atom is 0.0336 e. The van der Waals surface area contributed by atoms with Crippen molar-refractivity contribution in [1.82, 2.24) is 5.32 Å². The van der Waals surface area contributed by atoms with Gasteiger partial charge in [-0.2, -0.15) is 0 Å². The van der Waals surface area contributed by atoms with Gasteiger partial charge in [0.15, 0.2) is 0 Å². The standard InChI is InChI=1S/C12H21N/c1-5-7-8-9-12(13-4)10-11(3)6-2/h6,8-10,13H,5,7H2,1-4H3/b9-8-,11-6-,12-10+. The summed E-state index contributed by atoms with van der Waals surface area (Å²) in [7, 11) is 1.95. The molecule has 0 aliphatic carbocycles. The van der Waals surface area contributed by atoms with Crippen LogP contribution < -0.4 is 5.32 Å². The molecular weight excluding hydrogens is 158 g/mol. The maximum atomic E-state index is 3.16. The van der Waals surface area contributed by atoms with E-state index in [0.29, 0.717) is 0 Å². The third-order valence-corrected chi connectivity index (χ3v) is 1.88. The molecule has 0 spiro atoms. The van der Waals surface area contributed by atoms with Crippen LogP contribution in [0.5, 0.6) is 0 Å². The van der Waals surface area contributed by atoms with Gasteiger partial charge in [0.2, 0.25) is 0 Å². The predicted molar refractivity (Wildman–Crippen MR) is 60.6 cm³/mol. The molecule has 0 unspecified atom stereocenters. The van der Waals surface area contributed by atoms with Gasteiger partial charge >= 0.3 is 0 Å². The van der Waals surface area contributed by atoms with Crippen LogP contribution in [0.15, 0.2) is 35.6 Å². The number of allylic oxidation sites excluding steroid dienone is 5. The minimum atomic E-state index is 1.15. The fourth-order valence-electron chi connectivity index (χ4n) is 0.909. The lowest BCUT2D eigenvalue weighted by Crippen LogP contribution is -2.02. The zero-order valence-electron chi connectivity index (χ0n) is 9.22. The lowest BCUT2D eigenvalue weighted by atomic mass is 10.2. The van der Waals surface area contributed by atoms with E-state index in [4.69, 9.17) is 0 Å². The zero-order valence-corrected chi connectivity index (χ0v) is 9.22. The van der Waals surface area contributed by atoms with Gasteiger partial charge in [-0.1, -0.05) is 31.1 Å². The van der Waals surface area contributed by atoms with Crippen LogP contribution >= 0.6 is 0 Å². The van der Waals surface area contributed by atoms with Gasteiger partial charge in [0.1, 0.15) is 0 Å². The molecule has 0 saturated heterocycles. The number of rotatable bonds is 5. The summed E-state index contributed by atoms with van der Waals surface area (Å²) >= 11 is 0. The number of hydrogen-bond donors (Lipinski definition) is 1. The van der Waals surface area contributed by atoms with E-state index in [0.717, 1.165) is 6.42 Å². The van der Waals surface area contributed by atoms with Crippen LogP contribution in [-0.2, 0) is 0 Å². The summed E-state index contributed by atoms with van der Waals surface area (Å²) in [6.07, 6.45) is 10.9. The van der Waals surface area contributed by atoms with Gasteiger partial charge < -0.3 is 5.32 Å². The SMILES string of the molecule is C\C=C(C)/C=C(\C=C/CCC)NC. The van der Waals surface area contributed by atoms with Crippen LogP contribution in [0.2, 0.25) is 0 Å². The smallest absolute Gasteiger partial charge is 0.0336 e. The Balaban J connectivity index is 4.25. The zero-order chi connectivity index (χ0) is 10.1. The van der Waals surface area contributed by atoms with Gasteiger partial charge in [-0.3, -0.25) is 0 Å². The minimum Gasteiger partial charge on any atom is -0.388 e. The molecule has 0 heterocycles. The van der Waals surface area contributed by atoms with E-state index in [2.05, 4.69) is 50.4 Å². The molecule has 0 aromatic heterocycles. The Bertz CT molecular complexity index is 209. The molecule has 13 heavy (non-hydrogen) atoms. The summed E-state index contributed by atoms with van der Waals surface area (Å²) < 4.78 is 0. The Morgan fingerprint density at radius 1 is 1.38 bits per heavy atom. The molecule has 0 atom stereocenters. The highest BCUT2D eigenvalue weighted by molar-refractivity contribution is 5.27. The molecule has 0 rings (SSSR count). The molecule has 74 valence electrons. The molecule has 1 nitrogen and oxygen atoms in total. The first kappa shape index (κ1) is 12.0. The van der Waals surface area contributed by atoms with Crippen LogP contribution in [0.4, 0.5) is 0 Å². The Morgan fingerprint density at radius 3 is 2.54 bits per heavy atom. The van der Waals surface area contributed by atoms with Crippen LogP contribution in [-0.4, -0.2) is 7.05 Å². The number of likely N-dealkylation sites (N-methyl/N-ethyl adjacent to an activating group) is 1. The molecule has 0 aromatic rings. The fourth-order valence-corrected chi connectivity index (χ4v) is 0.909. The third-order valence-electron chi connectivity index (χ3n) is 1.88. The lowest BCUT2D eigenvalue weighted by molar-refractivity contribution is 0.949. The Labute approximate surface area is 82.2 Å². The van der Waals surface area contributed by atoms with Gasteiger partial charge in [-0.05, 0) is 32.4 Å². The maximum absolute atomic E-state index is 3.16. The average Bonchev–Trinajstić information content (AvgIpc) is 2.16. The first-order valence-corrected chi connectivity index (χ1v) is 4.93. The van der Waals surface area contributed by atoms with Crippen molar-refractivity contribution in [2.75, 3.05) is 7.05 Å². The highest BCUT2D eigenvalue weighted by atomic mass is 14.8. The third kappa shape index (κ3) is 6.21. The van der Waals surface area contributed by atoms with Gasteiger partial charge in [0.25, 0.3) is 0 Å². The average molecular weight is 179 g/mol. The lowest BCUT2D eigenvalue weighted by Gasteiger charge is -2.00. The number of nitrogens with one attached hydrogen (secondary N) is 1. The molecule has 1 N–H and O–H groups in total. The number of hydrogen-bond acceptors (Lipinski definition) is 1. The van der Waals surface area contributed by atoms with Crippen molar-refractivity contribution in [2.24, 2.45) is 0 Å². The number of unbranched alkanes of at least 4 members (excludes halogenated alkanes) is 1. The highest BCUT2D eigenvalue weighted by Crippen LogP contribution is 2.01. The second-order valence-electron chi connectivity index (χ2n) is 3.07.